The molecule has 1 aliphatic heterocycles. The number of carbonyl (C=O) groups is 1. The van der Waals surface area contributed by atoms with Crippen LogP contribution in [0.5, 0.6) is 0 Å². The summed E-state index contributed by atoms with van der Waals surface area (Å²) in [5.41, 5.74) is 0.952. The van der Waals surface area contributed by atoms with E-state index in [1.807, 2.05) is 25.7 Å². The van der Waals surface area contributed by atoms with Crippen LogP contribution in [0, 0.1) is 0 Å². The molecule has 0 spiro atoms. The van der Waals surface area contributed by atoms with Gasteiger partial charge in [-0.3, -0.25) is 4.90 Å². The van der Waals surface area contributed by atoms with Crippen molar-refractivity contribution < 1.29 is 9.53 Å². The maximum Gasteiger partial charge on any atom is 0.410 e. The van der Waals surface area contributed by atoms with Crippen molar-refractivity contribution in [3.63, 3.8) is 0 Å². The summed E-state index contributed by atoms with van der Waals surface area (Å²) in [6.45, 7) is 12.3. The summed E-state index contributed by atoms with van der Waals surface area (Å²) >= 11 is 0. The number of ether oxygens (including phenoxy) is 1. The molecule has 1 fully saturated rings. The lowest BCUT2D eigenvalue weighted by molar-refractivity contribution is 0.0142. The van der Waals surface area contributed by atoms with Gasteiger partial charge in [-0.05, 0) is 32.3 Å². The van der Waals surface area contributed by atoms with Gasteiger partial charge in [0.25, 0.3) is 0 Å². The van der Waals surface area contributed by atoms with Gasteiger partial charge in [0.1, 0.15) is 5.60 Å². The van der Waals surface area contributed by atoms with Gasteiger partial charge in [0.05, 0.1) is 0 Å². The highest BCUT2D eigenvalue weighted by atomic mass is 16.6. The maximum absolute atomic E-state index is 12.0. The Morgan fingerprint density at radius 3 is 2.27 bits per heavy atom. The second-order valence-electron chi connectivity index (χ2n) is 7.08. The lowest BCUT2D eigenvalue weighted by Crippen LogP contribution is -2.50. The minimum atomic E-state index is -0.421. The van der Waals surface area contributed by atoms with E-state index in [4.69, 9.17) is 4.74 Å². The largest absolute Gasteiger partial charge is 0.444 e. The Morgan fingerprint density at radius 1 is 1.14 bits per heavy atom. The minimum absolute atomic E-state index is 0.191. The summed E-state index contributed by atoms with van der Waals surface area (Å²) in [5.74, 6) is 0.509. The van der Waals surface area contributed by atoms with Crippen molar-refractivity contribution >= 4 is 6.09 Å². The highest BCUT2D eigenvalue weighted by molar-refractivity contribution is 5.68. The summed E-state index contributed by atoms with van der Waals surface area (Å²) in [6.07, 6.45) is -0.191. The van der Waals surface area contributed by atoms with E-state index >= 15 is 0 Å². The average Bonchev–Trinajstić information content (AvgIpc) is 2.47. The predicted molar refractivity (Wildman–Crippen MR) is 89.1 cm³/mol. The monoisotopic (exact) mass is 304 g/mol. The van der Waals surface area contributed by atoms with Gasteiger partial charge in [-0.2, -0.15) is 0 Å². The number of hydrogen-bond acceptors (Lipinski definition) is 3. The topological polar surface area (TPSA) is 32.8 Å². The highest BCUT2D eigenvalue weighted by Gasteiger charge is 2.26. The van der Waals surface area contributed by atoms with Crippen LogP contribution in [0.15, 0.2) is 30.3 Å². The van der Waals surface area contributed by atoms with E-state index in [1.165, 1.54) is 5.56 Å². The Bertz CT molecular complexity index is 474. The molecular weight excluding hydrogens is 276 g/mol. The summed E-state index contributed by atoms with van der Waals surface area (Å²) in [6, 6.07) is 10.6. The number of carbonyl (C=O) groups excluding carboxylic acids is 1. The Balaban J connectivity index is 1.79. The predicted octanol–water partition coefficient (Wildman–Crippen LogP) is 3.34. The molecule has 1 aromatic rings. The lowest BCUT2D eigenvalue weighted by Gasteiger charge is -2.36. The van der Waals surface area contributed by atoms with E-state index in [9.17, 15) is 4.79 Å². The van der Waals surface area contributed by atoms with Gasteiger partial charge in [-0.15, -0.1) is 0 Å². The normalized spacial score (nSPS) is 18.1. The molecule has 0 bridgehead atoms. The van der Waals surface area contributed by atoms with Crippen molar-refractivity contribution in [2.45, 2.75) is 39.2 Å². The SMILES string of the molecule is C[C@@H](CN1CCN(C(=O)OC(C)(C)C)CC1)c1ccccc1. The van der Waals surface area contributed by atoms with Crippen molar-refractivity contribution in [2.24, 2.45) is 0 Å². The smallest absolute Gasteiger partial charge is 0.410 e. The molecule has 122 valence electrons. The van der Waals surface area contributed by atoms with E-state index in [0.717, 1.165) is 32.7 Å². The molecule has 1 aromatic carbocycles. The van der Waals surface area contributed by atoms with E-state index in [-0.39, 0.29) is 6.09 Å². The van der Waals surface area contributed by atoms with Crippen LogP contribution in [-0.4, -0.2) is 54.2 Å². The minimum Gasteiger partial charge on any atom is -0.444 e. The van der Waals surface area contributed by atoms with E-state index in [0.29, 0.717) is 5.92 Å². The second kappa shape index (κ2) is 7.14. The third-order valence-electron chi connectivity index (χ3n) is 3.92. The summed E-state index contributed by atoms with van der Waals surface area (Å²) < 4.78 is 5.43. The first-order chi connectivity index (χ1) is 10.3. The van der Waals surface area contributed by atoms with Crippen LogP contribution >= 0.6 is 0 Å². The van der Waals surface area contributed by atoms with E-state index in [2.05, 4.69) is 42.2 Å². The molecule has 1 saturated heterocycles. The highest BCUT2D eigenvalue weighted by Crippen LogP contribution is 2.18. The first-order valence-corrected chi connectivity index (χ1v) is 8.10. The maximum atomic E-state index is 12.0. The van der Waals surface area contributed by atoms with E-state index in [1.54, 1.807) is 0 Å². The number of amides is 1. The van der Waals surface area contributed by atoms with Gasteiger partial charge in [0.15, 0.2) is 0 Å². The summed E-state index contributed by atoms with van der Waals surface area (Å²) in [5, 5.41) is 0. The van der Waals surface area contributed by atoms with Crippen LogP contribution in [0.4, 0.5) is 4.79 Å². The second-order valence-corrected chi connectivity index (χ2v) is 7.08. The van der Waals surface area contributed by atoms with E-state index < -0.39 is 5.60 Å². The molecule has 0 radical (unpaired) electrons. The quantitative estimate of drug-likeness (QED) is 0.858. The molecule has 4 heteroatoms. The lowest BCUT2D eigenvalue weighted by atomic mass is 10.0. The number of hydrogen-bond donors (Lipinski definition) is 0. The molecule has 4 nitrogen and oxygen atoms in total. The van der Waals surface area contributed by atoms with Crippen LogP contribution in [0.3, 0.4) is 0 Å². The molecule has 1 amide bonds. The fourth-order valence-electron chi connectivity index (χ4n) is 2.71. The third kappa shape index (κ3) is 5.02. The Kier molecular flexibility index (Phi) is 5.46. The third-order valence-corrected chi connectivity index (χ3v) is 3.92. The molecule has 0 aromatic heterocycles. The first-order valence-electron chi connectivity index (χ1n) is 8.10. The van der Waals surface area contributed by atoms with Crippen molar-refractivity contribution in [3.05, 3.63) is 35.9 Å². The molecule has 1 aliphatic rings. The molecule has 2 rings (SSSR count). The van der Waals surface area contributed by atoms with Crippen molar-refractivity contribution in [3.8, 4) is 0 Å². The fourth-order valence-corrected chi connectivity index (χ4v) is 2.71. The first kappa shape index (κ1) is 16.8. The van der Waals surface area contributed by atoms with Gasteiger partial charge < -0.3 is 9.64 Å². The fraction of sp³-hybridized carbons (Fsp3) is 0.611. The molecule has 0 N–H and O–H groups in total. The van der Waals surface area contributed by atoms with Crippen LogP contribution in [-0.2, 0) is 4.74 Å². The van der Waals surface area contributed by atoms with Gasteiger partial charge in [0.2, 0.25) is 0 Å². The Labute approximate surface area is 134 Å². The molecule has 0 unspecified atom stereocenters. The molecular formula is C18H28N2O2. The number of piperazine rings is 1. The molecule has 1 atom stereocenters. The number of nitrogens with zero attached hydrogens (tertiary/aromatic N) is 2. The average molecular weight is 304 g/mol. The van der Waals surface area contributed by atoms with Crippen LogP contribution < -0.4 is 0 Å². The van der Waals surface area contributed by atoms with Gasteiger partial charge in [-0.25, -0.2) is 4.79 Å². The van der Waals surface area contributed by atoms with Gasteiger partial charge >= 0.3 is 6.09 Å². The molecule has 0 aliphatic carbocycles. The van der Waals surface area contributed by atoms with Gasteiger partial charge in [0, 0.05) is 32.7 Å². The Morgan fingerprint density at radius 2 is 1.73 bits per heavy atom. The van der Waals surface area contributed by atoms with Crippen LogP contribution in [0.1, 0.15) is 39.2 Å². The zero-order valence-corrected chi connectivity index (χ0v) is 14.2. The van der Waals surface area contributed by atoms with Crippen molar-refractivity contribution in [1.82, 2.24) is 9.80 Å². The van der Waals surface area contributed by atoms with Crippen molar-refractivity contribution in [2.75, 3.05) is 32.7 Å². The summed E-state index contributed by atoms with van der Waals surface area (Å²) in [4.78, 5) is 16.3. The Hall–Kier alpha value is -1.55. The van der Waals surface area contributed by atoms with Gasteiger partial charge in [-0.1, -0.05) is 37.3 Å². The zero-order chi connectivity index (χ0) is 16.2. The van der Waals surface area contributed by atoms with Crippen molar-refractivity contribution in [1.29, 1.82) is 0 Å². The molecule has 22 heavy (non-hydrogen) atoms. The summed E-state index contributed by atoms with van der Waals surface area (Å²) in [7, 11) is 0. The number of benzene rings is 1. The standard InChI is InChI=1S/C18H28N2O2/c1-15(16-8-6-5-7-9-16)14-19-10-12-20(13-11-19)17(21)22-18(2,3)4/h5-9,15H,10-14H2,1-4H3/t15-/m0/s1. The zero-order valence-electron chi connectivity index (χ0n) is 14.2. The molecule has 1 heterocycles. The number of rotatable bonds is 3. The molecule has 0 saturated carbocycles. The van der Waals surface area contributed by atoms with Crippen LogP contribution in [0.25, 0.3) is 0 Å². The van der Waals surface area contributed by atoms with Crippen LogP contribution in [0.2, 0.25) is 0 Å².